The van der Waals surface area contributed by atoms with Crippen molar-refractivity contribution in [2.24, 2.45) is 5.92 Å². The predicted octanol–water partition coefficient (Wildman–Crippen LogP) is 3.12. The zero-order valence-corrected chi connectivity index (χ0v) is 13.6. The van der Waals surface area contributed by atoms with Crippen LogP contribution in [-0.2, 0) is 17.9 Å². The Bertz CT molecular complexity index is 629. The van der Waals surface area contributed by atoms with Crippen molar-refractivity contribution < 1.29 is 9.21 Å². The minimum atomic E-state index is 0.124. The Labute approximate surface area is 137 Å². The van der Waals surface area contributed by atoms with Crippen molar-refractivity contribution in [3.05, 3.63) is 59.5 Å². The number of carbonyl (C=O) groups is 1. The monoisotopic (exact) mass is 312 g/mol. The first kappa shape index (κ1) is 15.8. The Morgan fingerprint density at radius 2 is 2.09 bits per heavy atom. The molecular weight excluding hydrogens is 288 g/mol. The summed E-state index contributed by atoms with van der Waals surface area (Å²) in [5.74, 6) is 1.07. The van der Waals surface area contributed by atoms with E-state index in [2.05, 4.69) is 41.4 Å². The van der Waals surface area contributed by atoms with Gasteiger partial charge in [-0.15, -0.1) is 0 Å². The minimum Gasteiger partial charge on any atom is -0.467 e. The van der Waals surface area contributed by atoms with E-state index in [0.29, 0.717) is 6.54 Å². The van der Waals surface area contributed by atoms with Crippen LogP contribution in [0.1, 0.15) is 29.7 Å². The number of piperidine rings is 1. The Balaban J connectivity index is 1.43. The normalized spacial score (nSPS) is 16.4. The number of likely N-dealkylation sites (tertiary alicyclic amines) is 1. The standard InChI is InChI=1S/C19H24N2O2/c1-15-4-2-5-16(12-15)14-21-9-7-17(8-10-21)19(22)20-13-18-6-3-11-23-18/h2-6,11-12,17H,7-10,13-14H2,1H3,(H,20,22). The van der Waals surface area contributed by atoms with E-state index in [4.69, 9.17) is 4.42 Å². The summed E-state index contributed by atoms with van der Waals surface area (Å²) in [6, 6.07) is 12.4. The van der Waals surface area contributed by atoms with E-state index in [1.807, 2.05) is 12.1 Å². The number of aryl methyl sites for hydroxylation is 1. The summed E-state index contributed by atoms with van der Waals surface area (Å²) in [4.78, 5) is 14.7. The Hall–Kier alpha value is -2.07. The number of hydrogen-bond acceptors (Lipinski definition) is 3. The number of benzene rings is 1. The molecule has 1 aliphatic rings. The maximum atomic E-state index is 12.2. The molecule has 23 heavy (non-hydrogen) atoms. The first-order chi connectivity index (χ1) is 11.2. The first-order valence-electron chi connectivity index (χ1n) is 8.29. The molecule has 0 radical (unpaired) electrons. The fourth-order valence-electron chi connectivity index (χ4n) is 3.15. The lowest BCUT2D eigenvalue weighted by molar-refractivity contribution is -0.126. The van der Waals surface area contributed by atoms with E-state index < -0.39 is 0 Å². The molecule has 0 aliphatic carbocycles. The summed E-state index contributed by atoms with van der Waals surface area (Å²) in [5.41, 5.74) is 2.65. The smallest absolute Gasteiger partial charge is 0.223 e. The highest BCUT2D eigenvalue weighted by Crippen LogP contribution is 2.19. The van der Waals surface area contributed by atoms with Gasteiger partial charge in [-0.25, -0.2) is 0 Å². The van der Waals surface area contributed by atoms with Crippen LogP contribution < -0.4 is 5.32 Å². The Morgan fingerprint density at radius 1 is 1.26 bits per heavy atom. The van der Waals surface area contributed by atoms with E-state index in [9.17, 15) is 4.79 Å². The number of furan rings is 1. The molecule has 1 aromatic carbocycles. The lowest BCUT2D eigenvalue weighted by Crippen LogP contribution is -2.40. The number of carbonyl (C=O) groups excluding carboxylic acids is 1. The van der Waals surface area contributed by atoms with Crippen LogP contribution in [0, 0.1) is 12.8 Å². The van der Waals surface area contributed by atoms with Crippen LogP contribution >= 0.6 is 0 Å². The van der Waals surface area contributed by atoms with Gasteiger partial charge in [0.15, 0.2) is 0 Å². The van der Waals surface area contributed by atoms with Gasteiger partial charge in [0.2, 0.25) is 5.91 Å². The third kappa shape index (κ3) is 4.45. The van der Waals surface area contributed by atoms with Crippen molar-refractivity contribution in [3.8, 4) is 0 Å². The van der Waals surface area contributed by atoms with Crippen LogP contribution in [0.4, 0.5) is 0 Å². The number of amides is 1. The van der Waals surface area contributed by atoms with Crippen molar-refractivity contribution in [2.75, 3.05) is 13.1 Å². The second-order valence-corrected chi connectivity index (χ2v) is 6.34. The van der Waals surface area contributed by atoms with Gasteiger partial charge in [-0.3, -0.25) is 9.69 Å². The molecule has 2 heterocycles. The molecule has 4 heteroatoms. The predicted molar refractivity (Wildman–Crippen MR) is 89.7 cm³/mol. The maximum Gasteiger partial charge on any atom is 0.223 e. The topological polar surface area (TPSA) is 45.5 Å². The molecule has 0 unspecified atom stereocenters. The van der Waals surface area contributed by atoms with Gasteiger partial charge in [-0.1, -0.05) is 29.8 Å². The highest BCUT2D eigenvalue weighted by atomic mass is 16.3. The van der Waals surface area contributed by atoms with E-state index in [1.54, 1.807) is 6.26 Å². The summed E-state index contributed by atoms with van der Waals surface area (Å²) in [6.07, 6.45) is 3.48. The molecular formula is C19H24N2O2. The van der Waals surface area contributed by atoms with Gasteiger partial charge in [0.25, 0.3) is 0 Å². The van der Waals surface area contributed by atoms with Crippen LogP contribution in [0.15, 0.2) is 47.1 Å². The average molecular weight is 312 g/mol. The van der Waals surface area contributed by atoms with Crippen molar-refractivity contribution in [1.29, 1.82) is 0 Å². The highest BCUT2D eigenvalue weighted by molar-refractivity contribution is 5.78. The van der Waals surface area contributed by atoms with Crippen LogP contribution in [0.3, 0.4) is 0 Å². The molecule has 1 aromatic heterocycles. The average Bonchev–Trinajstić information content (AvgIpc) is 3.07. The first-order valence-corrected chi connectivity index (χ1v) is 8.29. The number of nitrogens with zero attached hydrogens (tertiary/aromatic N) is 1. The highest BCUT2D eigenvalue weighted by Gasteiger charge is 2.24. The van der Waals surface area contributed by atoms with Crippen molar-refractivity contribution in [3.63, 3.8) is 0 Å². The molecule has 0 spiro atoms. The van der Waals surface area contributed by atoms with Crippen LogP contribution in [0.5, 0.6) is 0 Å². The van der Waals surface area contributed by atoms with Gasteiger partial charge in [-0.05, 0) is 50.6 Å². The Morgan fingerprint density at radius 3 is 2.78 bits per heavy atom. The number of rotatable bonds is 5. The molecule has 1 saturated heterocycles. The number of nitrogens with one attached hydrogen (secondary N) is 1. The van der Waals surface area contributed by atoms with Gasteiger partial charge < -0.3 is 9.73 Å². The fourth-order valence-corrected chi connectivity index (χ4v) is 3.15. The largest absolute Gasteiger partial charge is 0.467 e. The second-order valence-electron chi connectivity index (χ2n) is 6.34. The van der Waals surface area contributed by atoms with Gasteiger partial charge in [0.05, 0.1) is 12.8 Å². The van der Waals surface area contributed by atoms with Crippen LogP contribution in [0.2, 0.25) is 0 Å². The molecule has 2 aromatic rings. The van der Waals surface area contributed by atoms with Crippen molar-refractivity contribution in [1.82, 2.24) is 10.2 Å². The molecule has 1 amide bonds. The van der Waals surface area contributed by atoms with Gasteiger partial charge >= 0.3 is 0 Å². The summed E-state index contributed by atoms with van der Waals surface area (Å²) in [6.45, 7) is 5.54. The van der Waals surface area contributed by atoms with Crippen LogP contribution in [0.25, 0.3) is 0 Å². The summed E-state index contributed by atoms with van der Waals surface area (Å²) < 4.78 is 5.24. The molecule has 0 bridgehead atoms. The fraction of sp³-hybridized carbons (Fsp3) is 0.421. The molecule has 1 N–H and O–H groups in total. The quantitative estimate of drug-likeness (QED) is 0.922. The molecule has 3 rings (SSSR count). The molecule has 0 atom stereocenters. The zero-order chi connectivity index (χ0) is 16.1. The zero-order valence-electron chi connectivity index (χ0n) is 13.6. The van der Waals surface area contributed by atoms with E-state index in [-0.39, 0.29) is 11.8 Å². The maximum absolute atomic E-state index is 12.2. The summed E-state index contributed by atoms with van der Waals surface area (Å²) in [5, 5.41) is 2.98. The molecule has 1 fully saturated rings. The number of hydrogen-bond donors (Lipinski definition) is 1. The van der Waals surface area contributed by atoms with Crippen molar-refractivity contribution in [2.45, 2.75) is 32.9 Å². The SMILES string of the molecule is Cc1cccc(CN2CCC(C(=O)NCc3ccco3)CC2)c1. The van der Waals surface area contributed by atoms with Gasteiger partial charge in [-0.2, -0.15) is 0 Å². The second kappa shape index (κ2) is 7.47. The lowest BCUT2D eigenvalue weighted by atomic mass is 9.95. The lowest BCUT2D eigenvalue weighted by Gasteiger charge is -2.31. The molecule has 4 nitrogen and oxygen atoms in total. The van der Waals surface area contributed by atoms with E-state index in [1.165, 1.54) is 11.1 Å². The van der Waals surface area contributed by atoms with E-state index >= 15 is 0 Å². The van der Waals surface area contributed by atoms with Gasteiger partial charge in [0, 0.05) is 12.5 Å². The van der Waals surface area contributed by atoms with E-state index in [0.717, 1.165) is 38.2 Å². The third-order valence-corrected chi connectivity index (χ3v) is 4.46. The minimum absolute atomic E-state index is 0.124. The summed E-state index contributed by atoms with van der Waals surface area (Å²) >= 11 is 0. The summed E-state index contributed by atoms with van der Waals surface area (Å²) in [7, 11) is 0. The molecule has 0 saturated carbocycles. The van der Waals surface area contributed by atoms with Gasteiger partial charge in [0.1, 0.15) is 5.76 Å². The Kier molecular flexibility index (Phi) is 5.13. The van der Waals surface area contributed by atoms with Crippen molar-refractivity contribution >= 4 is 5.91 Å². The molecule has 122 valence electrons. The van der Waals surface area contributed by atoms with Crippen LogP contribution in [-0.4, -0.2) is 23.9 Å². The third-order valence-electron chi connectivity index (χ3n) is 4.46. The molecule has 1 aliphatic heterocycles.